The third-order valence-electron chi connectivity index (χ3n) is 3.53. The van der Waals surface area contributed by atoms with Crippen molar-refractivity contribution in [2.45, 2.75) is 57.8 Å². The zero-order valence-corrected chi connectivity index (χ0v) is 17.8. The molecule has 0 aromatic rings. The molecular weight excluding hydrogens is 356 g/mol. The number of nitrogens with zero attached hydrogens (tertiary/aromatic N) is 2. The van der Waals surface area contributed by atoms with Crippen molar-refractivity contribution in [1.29, 1.82) is 0 Å². The molecule has 8 heteroatoms. The number of unbranched alkanes of at least 4 members (excludes halogenated alkanes) is 6. The van der Waals surface area contributed by atoms with E-state index in [0.717, 1.165) is 43.8 Å². The Morgan fingerprint density at radius 2 is 1.62 bits per heavy atom. The van der Waals surface area contributed by atoms with Crippen molar-refractivity contribution in [2.24, 2.45) is 4.99 Å². The van der Waals surface area contributed by atoms with Crippen molar-refractivity contribution in [3.05, 3.63) is 12.7 Å². The normalized spacial score (nSPS) is 12.4. The zero-order chi connectivity index (χ0) is 20.5. The topological polar surface area (TPSA) is 99.0 Å². The van der Waals surface area contributed by atoms with Crippen molar-refractivity contribution in [2.75, 3.05) is 41.3 Å². The minimum absolute atomic E-state index is 0.0954. The molecule has 0 aliphatic carbocycles. The van der Waals surface area contributed by atoms with Crippen LogP contribution in [0.3, 0.4) is 0 Å². The van der Waals surface area contributed by atoms with Gasteiger partial charge >= 0.3 is 10.4 Å². The molecule has 0 atom stereocenters. The number of allylic oxidation sites excluding steroid dienone is 1. The summed E-state index contributed by atoms with van der Waals surface area (Å²) >= 11 is 0. The summed E-state index contributed by atoms with van der Waals surface area (Å²) in [6, 6.07) is 0. The summed E-state index contributed by atoms with van der Waals surface area (Å²) in [6.07, 6.45) is 12.0. The Hall–Kier alpha value is -0.960. The van der Waals surface area contributed by atoms with Gasteiger partial charge in [0.25, 0.3) is 0 Å². The van der Waals surface area contributed by atoms with Gasteiger partial charge in [-0.1, -0.05) is 31.8 Å². The minimum atomic E-state index is -4.16. The smallest absolute Gasteiger partial charge is 0.397 e. The van der Waals surface area contributed by atoms with E-state index < -0.39 is 10.4 Å². The van der Waals surface area contributed by atoms with Gasteiger partial charge in [0, 0.05) is 13.0 Å². The van der Waals surface area contributed by atoms with Crippen LogP contribution in [0.25, 0.3) is 0 Å². The van der Waals surface area contributed by atoms with Crippen molar-refractivity contribution < 1.29 is 26.7 Å². The van der Waals surface area contributed by atoms with Gasteiger partial charge in [-0.15, -0.1) is 6.58 Å². The van der Waals surface area contributed by atoms with Gasteiger partial charge in [0.15, 0.2) is 0 Å². The van der Waals surface area contributed by atoms with Gasteiger partial charge in [0.05, 0.1) is 34.8 Å². The van der Waals surface area contributed by atoms with Gasteiger partial charge in [-0.2, -0.15) is 8.42 Å². The summed E-state index contributed by atoms with van der Waals surface area (Å²) in [5.74, 6) is 0.0954. The molecule has 0 saturated carbocycles. The molecule has 0 aromatic carbocycles. The lowest BCUT2D eigenvalue weighted by Gasteiger charge is -2.23. The van der Waals surface area contributed by atoms with Crippen LogP contribution in [0, 0.1) is 0 Å². The molecule has 0 heterocycles. The standard InChI is InChI=1S/C17H34N2O.CH4O4S/c1-5-6-7-8-9-10-11-12-14-17(20)18-15-13-16-19(2,3)4;1-5-6(2,3)4/h5H,1,6-16H2,2-4H3;1H3,(H,2,3,4). The molecule has 0 amide bonds. The summed E-state index contributed by atoms with van der Waals surface area (Å²) in [5.41, 5.74) is 0. The fourth-order valence-electron chi connectivity index (χ4n) is 2.10. The zero-order valence-electron chi connectivity index (χ0n) is 16.9. The number of quaternary nitrogens is 1. The molecule has 0 bridgehead atoms. The third-order valence-corrected chi connectivity index (χ3v) is 3.96. The molecule has 0 spiro atoms. The Balaban J connectivity index is 0. The maximum atomic E-state index is 11.6. The number of hydrogen-bond acceptors (Lipinski definition) is 5. The first-order valence-electron chi connectivity index (χ1n) is 9.16. The molecule has 156 valence electrons. The van der Waals surface area contributed by atoms with E-state index in [1.165, 1.54) is 25.7 Å². The van der Waals surface area contributed by atoms with Crippen molar-refractivity contribution >= 4 is 16.3 Å². The van der Waals surface area contributed by atoms with E-state index in [1.54, 1.807) is 0 Å². The second kappa shape index (κ2) is 16.2. The molecule has 0 aliphatic heterocycles. The van der Waals surface area contributed by atoms with Crippen LogP contribution in [0.5, 0.6) is 0 Å². The Kier molecular flexibility index (Phi) is 17.0. The van der Waals surface area contributed by atoms with Crippen molar-refractivity contribution in [3.63, 3.8) is 0 Å². The monoisotopic (exact) mass is 394 g/mol. The third kappa shape index (κ3) is 27.9. The highest BCUT2D eigenvalue weighted by atomic mass is 32.3. The molecule has 0 saturated heterocycles. The van der Waals surface area contributed by atoms with Crippen LogP contribution in [0.15, 0.2) is 17.6 Å². The maximum absolute atomic E-state index is 11.6. The molecule has 1 N–H and O–H groups in total. The first kappa shape index (κ1) is 27.3. The van der Waals surface area contributed by atoms with Crippen LogP contribution in [0.1, 0.15) is 57.8 Å². The predicted molar refractivity (Wildman–Crippen MR) is 106 cm³/mol. The highest BCUT2D eigenvalue weighted by molar-refractivity contribution is 7.80. The first-order valence-corrected chi connectivity index (χ1v) is 10.5. The Morgan fingerprint density at radius 1 is 1.12 bits per heavy atom. The second-order valence-electron chi connectivity index (χ2n) is 7.19. The molecule has 0 aliphatic rings. The second-order valence-corrected chi connectivity index (χ2v) is 8.37. The summed E-state index contributed by atoms with van der Waals surface area (Å²) < 4.78 is 30.6. The fraction of sp³-hybridized carbons (Fsp3) is 0.833. The number of aliphatic imine (C=N–C) groups is 1. The fourth-order valence-corrected chi connectivity index (χ4v) is 2.10. The molecule has 0 unspecified atom stereocenters. The van der Waals surface area contributed by atoms with Crippen LogP contribution in [-0.2, 0) is 14.6 Å². The lowest BCUT2D eigenvalue weighted by molar-refractivity contribution is -0.870. The van der Waals surface area contributed by atoms with Gasteiger partial charge < -0.3 is 14.6 Å². The van der Waals surface area contributed by atoms with Gasteiger partial charge in [-0.25, -0.2) is 0 Å². The van der Waals surface area contributed by atoms with E-state index in [-0.39, 0.29) is 5.90 Å². The molecule has 26 heavy (non-hydrogen) atoms. The van der Waals surface area contributed by atoms with E-state index in [0.29, 0.717) is 13.0 Å². The molecule has 7 nitrogen and oxygen atoms in total. The van der Waals surface area contributed by atoms with Crippen LogP contribution in [-0.4, -0.2) is 64.7 Å². The van der Waals surface area contributed by atoms with Crippen LogP contribution < -0.4 is 5.11 Å². The van der Waals surface area contributed by atoms with Crippen LogP contribution in [0.4, 0.5) is 0 Å². The van der Waals surface area contributed by atoms with E-state index in [4.69, 9.17) is 4.55 Å². The summed E-state index contributed by atoms with van der Waals surface area (Å²) in [7, 11) is 3.20. The molecule has 0 aromatic heterocycles. The highest BCUT2D eigenvalue weighted by Crippen LogP contribution is 2.08. The molecule has 0 fully saturated rings. The average Bonchev–Trinajstić information content (AvgIpc) is 2.53. The van der Waals surface area contributed by atoms with Gasteiger partial charge in [-0.3, -0.25) is 8.74 Å². The van der Waals surface area contributed by atoms with Gasteiger partial charge in [-0.05, 0) is 31.6 Å². The van der Waals surface area contributed by atoms with Crippen LogP contribution >= 0.6 is 0 Å². The first-order chi connectivity index (χ1) is 12.0. The van der Waals surface area contributed by atoms with Crippen LogP contribution in [0.2, 0.25) is 0 Å². The molecular formula is C18H38N2O5S. The summed E-state index contributed by atoms with van der Waals surface area (Å²) in [4.78, 5) is 4.13. The Labute approximate surface area is 160 Å². The van der Waals surface area contributed by atoms with Crippen molar-refractivity contribution in [3.8, 4) is 0 Å². The average molecular weight is 395 g/mol. The van der Waals surface area contributed by atoms with E-state index >= 15 is 0 Å². The lowest BCUT2D eigenvalue weighted by Crippen LogP contribution is -2.35. The van der Waals surface area contributed by atoms with Gasteiger partial charge in [0.2, 0.25) is 0 Å². The Morgan fingerprint density at radius 3 is 2.08 bits per heavy atom. The quantitative estimate of drug-likeness (QED) is 0.122. The maximum Gasteiger partial charge on any atom is 0.397 e. The minimum Gasteiger partial charge on any atom is -0.862 e. The largest absolute Gasteiger partial charge is 0.862 e. The molecule has 0 radical (unpaired) electrons. The van der Waals surface area contributed by atoms with E-state index in [9.17, 15) is 13.5 Å². The summed E-state index contributed by atoms with van der Waals surface area (Å²) in [6.45, 7) is 5.48. The molecule has 0 rings (SSSR count). The number of rotatable bonds is 14. The Bertz CT molecular complexity index is 470. The summed E-state index contributed by atoms with van der Waals surface area (Å²) in [5, 5.41) is 11.6. The SMILES string of the molecule is C=CCCCCCCCCC([O-])=NCCC[N+](C)(C)C.COS(=O)(=O)O. The van der Waals surface area contributed by atoms with E-state index in [1.807, 2.05) is 6.08 Å². The predicted octanol–water partition coefficient (Wildman–Crippen LogP) is 2.58. The van der Waals surface area contributed by atoms with Gasteiger partial charge in [0.1, 0.15) is 0 Å². The number of hydrogen-bond donors (Lipinski definition) is 1. The van der Waals surface area contributed by atoms with Crippen molar-refractivity contribution in [1.82, 2.24) is 0 Å². The highest BCUT2D eigenvalue weighted by Gasteiger charge is 2.04. The lowest BCUT2D eigenvalue weighted by atomic mass is 10.1. The van der Waals surface area contributed by atoms with E-state index in [2.05, 4.69) is 36.9 Å².